The maximum absolute atomic E-state index is 5.34. The van der Waals surface area contributed by atoms with Crippen molar-refractivity contribution in [2.24, 2.45) is 5.73 Å². The lowest BCUT2D eigenvalue weighted by Crippen LogP contribution is -2.19. The third-order valence-electron chi connectivity index (χ3n) is 1.69. The Morgan fingerprint density at radius 3 is 1.65 bits per heavy atom. The van der Waals surface area contributed by atoms with Crippen LogP contribution in [0.2, 0.25) is 0 Å². The number of rotatable bonds is 11. The highest BCUT2D eigenvalue weighted by Gasteiger charge is 1.92. The highest BCUT2D eigenvalue weighted by Crippen LogP contribution is 1.82. The molecule has 0 aromatic heterocycles. The van der Waals surface area contributed by atoms with Gasteiger partial charge < -0.3 is 24.8 Å². The van der Waals surface area contributed by atoms with Gasteiger partial charge in [-0.15, -0.1) is 0 Å². The van der Waals surface area contributed by atoms with Gasteiger partial charge in [-0.25, -0.2) is 0 Å². The smallest absolute Gasteiger partial charge is 0.0701 e. The second kappa shape index (κ2) is 18.2. The van der Waals surface area contributed by atoms with Crippen LogP contribution in [0.5, 0.6) is 0 Å². The average molecular weight is 252 g/mol. The number of nitrogens with two attached hydrogens (primary N) is 1. The Morgan fingerprint density at radius 2 is 1.24 bits per heavy atom. The van der Waals surface area contributed by atoms with Gasteiger partial charge in [0.15, 0.2) is 0 Å². The summed E-state index contributed by atoms with van der Waals surface area (Å²) in [5, 5.41) is 0. The van der Waals surface area contributed by atoms with Crippen LogP contribution >= 0.6 is 0 Å². The van der Waals surface area contributed by atoms with E-state index in [-0.39, 0.29) is 1.43 Å². The first-order valence-electron chi connectivity index (χ1n) is 6.35. The largest absolute Gasteiger partial charge is 0.378 e. The zero-order chi connectivity index (χ0) is 13.4. The predicted octanol–water partition coefficient (Wildman–Crippen LogP) is 0.829. The normalized spacial score (nSPS) is 10.2. The van der Waals surface area contributed by atoms with Crippen LogP contribution in [0.25, 0.3) is 0 Å². The molecule has 5 heteroatoms. The van der Waals surface area contributed by atoms with Crippen LogP contribution < -0.4 is 5.73 Å². The summed E-state index contributed by atoms with van der Waals surface area (Å²) >= 11 is 0. The lowest BCUT2D eigenvalue weighted by Gasteiger charge is -2.10. The fourth-order valence-corrected chi connectivity index (χ4v) is 0.872. The van der Waals surface area contributed by atoms with E-state index >= 15 is 0 Å². The van der Waals surface area contributed by atoms with Crippen LogP contribution in [0.3, 0.4) is 0 Å². The van der Waals surface area contributed by atoms with E-state index in [1.807, 2.05) is 27.9 Å². The molecule has 17 heavy (non-hydrogen) atoms. The molecule has 0 atom stereocenters. The van der Waals surface area contributed by atoms with Crippen molar-refractivity contribution in [3.63, 3.8) is 0 Å². The second-order valence-corrected chi connectivity index (χ2v) is 3.43. The lowest BCUT2D eigenvalue weighted by atomic mass is 10.6. The van der Waals surface area contributed by atoms with Crippen LogP contribution in [-0.2, 0) is 14.2 Å². The van der Waals surface area contributed by atoms with E-state index in [0.29, 0.717) is 39.6 Å². The van der Waals surface area contributed by atoms with Gasteiger partial charge in [0.2, 0.25) is 0 Å². The van der Waals surface area contributed by atoms with E-state index in [9.17, 15) is 0 Å². The number of likely N-dealkylation sites (N-methyl/N-ethyl adjacent to an activating group) is 1. The average Bonchev–Trinajstić information content (AvgIpc) is 2.34. The van der Waals surface area contributed by atoms with Crippen molar-refractivity contribution in [2.45, 2.75) is 13.8 Å². The SMILES string of the molecule is CC.CN(C)CCOCCOCCOCCN.[HH]. The third-order valence-corrected chi connectivity index (χ3v) is 1.69. The Kier molecular flexibility index (Phi) is 20.5. The van der Waals surface area contributed by atoms with Crippen molar-refractivity contribution in [1.82, 2.24) is 4.90 Å². The summed E-state index contributed by atoms with van der Waals surface area (Å²) in [5.41, 5.74) is 5.26. The molecule has 0 spiro atoms. The van der Waals surface area contributed by atoms with E-state index in [0.717, 1.165) is 13.2 Å². The molecule has 0 heterocycles. The van der Waals surface area contributed by atoms with Gasteiger partial charge in [0, 0.05) is 14.5 Å². The highest BCUT2D eigenvalue weighted by molar-refractivity contribution is 4.40. The zero-order valence-electron chi connectivity index (χ0n) is 11.9. The molecule has 0 unspecified atom stereocenters. The van der Waals surface area contributed by atoms with Gasteiger partial charge in [-0.3, -0.25) is 0 Å². The molecule has 0 rings (SSSR count). The number of hydrogen-bond donors (Lipinski definition) is 1. The summed E-state index contributed by atoms with van der Waals surface area (Å²) in [7, 11) is 4.04. The first-order valence-corrected chi connectivity index (χ1v) is 6.35. The molecule has 0 aliphatic rings. The quantitative estimate of drug-likeness (QED) is 0.552. The Balaban J connectivity index is -0.000000709. The molecule has 0 aromatic carbocycles. The molecule has 108 valence electrons. The zero-order valence-corrected chi connectivity index (χ0v) is 11.9. The van der Waals surface area contributed by atoms with Crippen LogP contribution in [0.15, 0.2) is 0 Å². The topological polar surface area (TPSA) is 57.0 Å². The van der Waals surface area contributed by atoms with Gasteiger partial charge in [-0.1, -0.05) is 13.8 Å². The van der Waals surface area contributed by atoms with E-state index in [4.69, 9.17) is 19.9 Å². The summed E-state index contributed by atoms with van der Waals surface area (Å²) in [6.07, 6.45) is 0. The van der Waals surface area contributed by atoms with Crippen molar-refractivity contribution in [3.05, 3.63) is 0 Å². The third kappa shape index (κ3) is 21.6. The van der Waals surface area contributed by atoms with Crippen molar-refractivity contribution in [3.8, 4) is 0 Å². The molecule has 0 bridgehead atoms. The van der Waals surface area contributed by atoms with E-state index in [1.165, 1.54) is 0 Å². The summed E-state index contributed by atoms with van der Waals surface area (Å²) in [6, 6.07) is 0. The van der Waals surface area contributed by atoms with E-state index in [2.05, 4.69) is 4.90 Å². The van der Waals surface area contributed by atoms with Crippen LogP contribution in [0, 0.1) is 0 Å². The van der Waals surface area contributed by atoms with Gasteiger partial charge in [-0.2, -0.15) is 0 Å². The lowest BCUT2D eigenvalue weighted by molar-refractivity contribution is 0.0137. The van der Waals surface area contributed by atoms with Crippen LogP contribution in [-0.4, -0.2) is 71.7 Å². The van der Waals surface area contributed by atoms with Gasteiger partial charge in [0.05, 0.1) is 39.6 Å². The van der Waals surface area contributed by atoms with Gasteiger partial charge in [0.25, 0.3) is 0 Å². The maximum Gasteiger partial charge on any atom is 0.0701 e. The molecule has 0 aromatic rings. The molecular formula is C12H32N2O3. The number of nitrogens with zero attached hydrogens (tertiary/aromatic N) is 1. The fraction of sp³-hybridized carbons (Fsp3) is 1.00. The molecule has 5 nitrogen and oxygen atoms in total. The monoisotopic (exact) mass is 252 g/mol. The van der Waals surface area contributed by atoms with Crippen molar-refractivity contribution in [1.29, 1.82) is 0 Å². The number of ether oxygens (including phenoxy) is 3. The van der Waals surface area contributed by atoms with Crippen molar-refractivity contribution in [2.75, 3.05) is 66.8 Å². The Bertz CT molecular complexity index is 130. The summed E-state index contributed by atoms with van der Waals surface area (Å²) in [5.74, 6) is 0. The van der Waals surface area contributed by atoms with Gasteiger partial charge >= 0.3 is 0 Å². The molecule has 0 aliphatic heterocycles. The maximum atomic E-state index is 5.34. The molecule has 0 fully saturated rings. The molecule has 0 saturated heterocycles. The molecule has 0 radical (unpaired) electrons. The molecule has 0 amide bonds. The van der Waals surface area contributed by atoms with Crippen molar-refractivity contribution >= 4 is 0 Å². The van der Waals surface area contributed by atoms with Gasteiger partial charge in [0.1, 0.15) is 0 Å². The van der Waals surface area contributed by atoms with Crippen LogP contribution in [0.4, 0.5) is 0 Å². The fourth-order valence-electron chi connectivity index (χ4n) is 0.872. The van der Waals surface area contributed by atoms with Crippen molar-refractivity contribution < 1.29 is 15.6 Å². The minimum Gasteiger partial charge on any atom is -0.378 e. The minimum atomic E-state index is 0. The van der Waals surface area contributed by atoms with E-state index < -0.39 is 0 Å². The first-order chi connectivity index (χ1) is 8.27. The predicted molar refractivity (Wildman–Crippen MR) is 73.5 cm³/mol. The molecular weight excluding hydrogens is 220 g/mol. The first kappa shape index (κ1) is 19.1. The molecule has 2 N–H and O–H groups in total. The Morgan fingerprint density at radius 1 is 0.824 bits per heavy atom. The Hall–Kier alpha value is -0.200. The Labute approximate surface area is 108 Å². The number of hydrogen-bond acceptors (Lipinski definition) is 5. The second-order valence-electron chi connectivity index (χ2n) is 3.43. The minimum absolute atomic E-state index is 0. The van der Waals surface area contributed by atoms with E-state index in [1.54, 1.807) is 0 Å². The summed E-state index contributed by atoms with van der Waals surface area (Å²) in [4.78, 5) is 2.08. The summed E-state index contributed by atoms with van der Waals surface area (Å²) < 4.78 is 15.8. The van der Waals surface area contributed by atoms with Crippen LogP contribution in [0.1, 0.15) is 15.3 Å². The molecule has 0 saturated carbocycles. The highest BCUT2D eigenvalue weighted by atomic mass is 16.5. The summed E-state index contributed by atoms with van der Waals surface area (Å²) in [6.45, 7) is 9.34. The molecule has 0 aliphatic carbocycles. The van der Waals surface area contributed by atoms with Gasteiger partial charge in [-0.05, 0) is 14.1 Å². The standard InChI is InChI=1S/C10H24N2O3.C2H6.H2/c1-12(2)4-6-14-8-10-15-9-7-13-5-3-11;1-2;/h3-11H2,1-2H3;1-2H3;1H.